The monoisotopic (exact) mass is 414 g/mol. The summed E-state index contributed by atoms with van der Waals surface area (Å²) >= 11 is 1.73. The third-order valence-electron chi connectivity index (χ3n) is 4.59. The molecule has 2 aromatic heterocycles. The van der Waals surface area contributed by atoms with Crippen molar-refractivity contribution in [2.24, 2.45) is 0 Å². The highest BCUT2D eigenvalue weighted by atomic mass is 32.2. The zero-order valence-electron chi connectivity index (χ0n) is 16.4. The van der Waals surface area contributed by atoms with Crippen LogP contribution < -0.4 is 5.32 Å². The van der Waals surface area contributed by atoms with Crippen LogP contribution >= 0.6 is 11.8 Å². The van der Waals surface area contributed by atoms with E-state index in [2.05, 4.69) is 33.6 Å². The summed E-state index contributed by atoms with van der Waals surface area (Å²) in [6, 6.07) is 21.8. The molecule has 0 aliphatic rings. The molecule has 0 aliphatic carbocycles. The number of amides is 1. The standard InChI is InChI=1S/C24H22N4OS/c29-24(22-7-9-23(10-8-22)30-18-21-6-2-11-25-15-21)26-16-19-4-1-5-20(14-19)17-28-13-3-12-27-28/h1-15H,16-18H2,(H,26,29). The van der Waals surface area contributed by atoms with Gasteiger partial charge >= 0.3 is 0 Å². The van der Waals surface area contributed by atoms with Gasteiger partial charge in [0.1, 0.15) is 0 Å². The van der Waals surface area contributed by atoms with Gasteiger partial charge in [0.15, 0.2) is 0 Å². The average molecular weight is 415 g/mol. The molecule has 5 nitrogen and oxygen atoms in total. The average Bonchev–Trinajstić information content (AvgIpc) is 3.30. The van der Waals surface area contributed by atoms with E-state index >= 15 is 0 Å². The molecular formula is C24H22N4OS. The van der Waals surface area contributed by atoms with Crippen LogP contribution in [0.5, 0.6) is 0 Å². The van der Waals surface area contributed by atoms with Crippen molar-refractivity contribution >= 4 is 17.7 Å². The largest absolute Gasteiger partial charge is 0.348 e. The van der Waals surface area contributed by atoms with Crippen molar-refractivity contribution in [3.63, 3.8) is 0 Å². The fraction of sp³-hybridized carbons (Fsp3) is 0.125. The second-order valence-corrected chi connectivity index (χ2v) is 7.93. The predicted octanol–water partition coefficient (Wildman–Crippen LogP) is 4.55. The lowest BCUT2D eigenvalue weighted by atomic mass is 10.1. The van der Waals surface area contributed by atoms with Crippen LogP contribution in [0, 0.1) is 0 Å². The molecule has 0 radical (unpaired) electrons. The van der Waals surface area contributed by atoms with Crippen LogP contribution in [0.15, 0.2) is 96.4 Å². The lowest BCUT2D eigenvalue weighted by Gasteiger charge is -2.08. The van der Waals surface area contributed by atoms with Gasteiger partial charge in [-0.3, -0.25) is 14.5 Å². The maximum absolute atomic E-state index is 12.5. The molecule has 30 heavy (non-hydrogen) atoms. The van der Waals surface area contributed by atoms with Gasteiger partial charge in [-0.25, -0.2) is 0 Å². The van der Waals surface area contributed by atoms with Crippen LogP contribution in [0.25, 0.3) is 0 Å². The Bertz CT molecular complexity index is 1080. The number of benzene rings is 2. The van der Waals surface area contributed by atoms with Crippen molar-refractivity contribution < 1.29 is 4.79 Å². The van der Waals surface area contributed by atoms with Crippen molar-refractivity contribution in [3.8, 4) is 0 Å². The Hall–Kier alpha value is -3.38. The molecule has 6 heteroatoms. The highest BCUT2D eigenvalue weighted by molar-refractivity contribution is 7.98. The zero-order valence-corrected chi connectivity index (χ0v) is 17.3. The fourth-order valence-electron chi connectivity index (χ4n) is 3.06. The van der Waals surface area contributed by atoms with Crippen molar-refractivity contribution in [1.29, 1.82) is 0 Å². The molecular weight excluding hydrogens is 392 g/mol. The van der Waals surface area contributed by atoms with E-state index < -0.39 is 0 Å². The molecule has 0 unspecified atom stereocenters. The lowest BCUT2D eigenvalue weighted by Crippen LogP contribution is -2.22. The first kappa shape index (κ1) is 19.9. The highest BCUT2D eigenvalue weighted by Gasteiger charge is 2.06. The van der Waals surface area contributed by atoms with E-state index in [9.17, 15) is 4.79 Å². The summed E-state index contributed by atoms with van der Waals surface area (Å²) in [4.78, 5) is 17.8. The highest BCUT2D eigenvalue weighted by Crippen LogP contribution is 2.22. The van der Waals surface area contributed by atoms with Gasteiger partial charge in [-0.2, -0.15) is 5.10 Å². The molecule has 0 aliphatic heterocycles. The molecule has 150 valence electrons. The van der Waals surface area contributed by atoms with E-state index in [1.165, 1.54) is 5.56 Å². The van der Waals surface area contributed by atoms with Gasteiger partial charge in [0.05, 0.1) is 6.54 Å². The molecule has 0 atom stereocenters. The fourth-order valence-corrected chi connectivity index (χ4v) is 3.89. The van der Waals surface area contributed by atoms with Gasteiger partial charge < -0.3 is 5.32 Å². The Kier molecular flexibility index (Phi) is 6.57. The van der Waals surface area contributed by atoms with Crippen molar-refractivity contribution in [2.75, 3.05) is 0 Å². The lowest BCUT2D eigenvalue weighted by molar-refractivity contribution is 0.0951. The number of hydrogen-bond acceptors (Lipinski definition) is 4. The van der Waals surface area contributed by atoms with Crippen LogP contribution in [0.1, 0.15) is 27.0 Å². The van der Waals surface area contributed by atoms with E-state index in [0.29, 0.717) is 18.7 Å². The number of carbonyl (C=O) groups excluding carboxylic acids is 1. The Morgan fingerprint density at radius 1 is 0.933 bits per heavy atom. The van der Waals surface area contributed by atoms with Gasteiger partial charge in [-0.15, -0.1) is 11.8 Å². The van der Waals surface area contributed by atoms with Gasteiger partial charge in [0, 0.05) is 47.5 Å². The first-order valence-corrected chi connectivity index (χ1v) is 10.7. The number of nitrogens with zero attached hydrogens (tertiary/aromatic N) is 3. The molecule has 1 N–H and O–H groups in total. The van der Waals surface area contributed by atoms with Crippen LogP contribution in [0.2, 0.25) is 0 Å². The number of hydrogen-bond donors (Lipinski definition) is 1. The van der Waals surface area contributed by atoms with E-state index in [0.717, 1.165) is 21.8 Å². The SMILES string of the molecule is O=C(NCc1cccc(Cn2cccn2)c1)c1ccc(SCc2cccnc2)cc1. The summed E-state index contributed by atoms with van der Waals surface area (Å²) < 4.78 is 1.88. The molecule has 0 fully saturated rings. The minimum absolute atomic E-state index is 0.0729. The third-order valence-corrected chi connectivity index (χ3v) is 5.68. The second-order valence-electron chi connectivity index (χ2n) is 6.88. The van der Waals surface area contributed by atoms with Crippen molar-refractivity contribution in [2.45, 2.75) is 23.7 Å². The minimum Gasteiger partial charge on any atom is -0.348 e. The number of aromatic nitrogens is 3. The summed E-state index contributed by atoms with van der Waals surface area (Å²) in [5.41, 5.74) is 4.06. The van der Waals surface area contributed by atoms with Gasteiger partial charge in [0.25, 0.3) is 5.91 Å². The molecule has 4 rings (SSSR count). The van der Waals surface area contributed by atoms with E-state index in [4.69, 9.17) is 0 Å². The number of carbonyl (C=O) groups is 1. The number of pyridine rings is 1. The topological polar surface area (TPSA) is 59.8 Å². The number of thioether (sulfide) groups is 1. The molecule has 0 saturated carbocycles. The summed E-state index contributed by atoms with van der Waals surface area (Å²) in [5.74, 6) is 0.783. The second kappa shape index (κ2) is 9.89. The van der Waals surface area contributed by atoms with Crippen LogP contribution in [0.3, 0.4) is 0 Å². The molecule has 1 amide bonds. The van der Waals surface area contributed by atoms with Crippen molar-refractivity contribution in [3.05, 3.63) is 114 Å². The molecule has 0 spiro atoms. The predicted molar refractivity (Wildman–Crippen MR) is 119 cm³/mol. The normalized spacial score (nSPS) is 10.7. The zero-order chi connectivity index (χ0) is 20.6. The molecule has 4 aromatic rings. The molecule has 0 saturated heterocycles. The summed E-state index contributed by atoms with van der Waals surface area (Å²) in [5, 5.41) is 7.24. The summed E-state index contributed by atoms with van der Waals surface area (Å²) in [6.07, 6.45) is 7.36. The van der Waals surface area contributed by atoms with Gasteiger partial charge in [0.2, 0.25) is 0 Å². The van der Waals surface area contributed by atoms with E-state index in [1.807, 2.05) is 65.6 Å². The van der Waals surface area contributed by atoms with Crippen LogP contribution in [0.4, 0.5) is 0 Å². The quantitative estimate of drug-likeness (QED) is 0.430. The first-order chi connectivity index (χ1) is 14.8. The minimum atomic E-state index is -0.0729. The Labute approximate surface area is 180 Å². The third kappa shape index (κ3) is 5.58. The molecule has 0 bridgehead atoms. The van der Waals surface area contributed by atoms with Crippen molar-refractivity contribution in [1.82, 2.24) is 20.1 Å². The Morgan fingerprint density at radius 3 is 2.53 bits per heavy atom. The summed E-state index contributed by atoms with van der Waals surface area (Å²) in [6.45, 7) is 1.20. The van der Waals surface area contributed by atoms with E-state index in [1.54, 1.807) is 24.2 Å². The Morgan fingerprint density at radius 2 is 1.77 bits per heavy atom. The molecule has 2 heterocycles. The number of nitrogens with one attached hydrogen (secondary N) is 1. The Balaban J connectivity index is 1.29. The van der Waals surface area contributed by atoms with E-state index in [-0.39, 0.29) is 5.91 Å². The van der Waals surface area contributed by atoms with Crippen LogP contribution in [-0.2, 0) is 18.8 Å². The van der Waals surface area contributed by atoms with Gasteiger partial charge in [-0.05, 0) is 53.1 Å². The maximum atomic E-state index is 12.5. The number of rotatable bonds is 8. The van der Waals surface area contributed by atoms with Gasteiger partial charge in [-0.1, -0.05) is 30.3 Å². The maximum Gasteiger partial charge on any atom is 0.251 e. The van der Waals surface area contributed by atoms with Crippen LogP contribution in [-0.4, -0.2) is 20.7 Å². The smallest absolute Gasteiger partial charge is 0.251 e. The first-order valence-electron chi connectivity index (χ1n) is 9.71. The summed E-state index contributed by atoms with van der Waals surface area (Å²) in [7, 11) is 0. The molecule has 2 aromatic carbocycles.